The second kappa shape index (κ2) is 16.1. The molecule has 0 spiro atoms. The van der Waals surface area contributed by atoms with Crippen LogP contribution in [0.1, 0.15) is 11.4 Å². The maximum atomic E-state index is 12.1. The van der Waals surface area contributed by atoms with E-state index in [4.69, 9.17) is 24.7 Å². The van der Waals surface area contributed by atoms with Gasteiger partial charge in [-0.2, -0.15) is 0 Å². The number of amides is 1. The van der Waals surface area contributed by atoms with Crippen molar-refractivity contribution >= 4 is 5.91 Å². The van der Waals surface area contributed by atoms with Crippen LogP contribution in [0.15, 0.2) is 24.3 Å². The van der Waals surface area contributed by atoms with Crippen LogP contribution in [0, 0.1) is 6.92 Å². The molecular weight excluding hydrogens is 416 g/mol. The summed E-state index contributed by atoms with van der Waals surface area (Å²) in [6, 6.07) is 7.42. The van der Waals surface area contributed by atoms with Gasteiger partial charge in [-0.25, -0.2) is 0 Å². The summed E-state index contributed by atoms with van der Waals surface area (Å²) < 4.78 is 21.4. The minimum absolute atomic E-state index is 0.0693. The molecule has 0 aliphatic carbocycles. The van der Waals surface area contributed by atoms with Crippen LogP contribution in [0.2, 0.25) is 0 Å². The molecule has 0 atom stereocenters. The van der Waals surface area contributed by atoms with E-state index in [1.165, 1.54) is 0 Å². The number of benzene rings is 1. The number of aryl methyl sites for hydroxylation is 1. The van der Waals surface area contributed by atoms with Gasteiger partial charge in [-0.1, -0.05) is 24.3 Å². The maximum absolute atomic E-state index is 12.1. The second-order valence-electron chi connectivity index (χ2n) is 6.73. The summed E-state index contributed by atoms with van der Waals surface area (Å²) in [6.07, 6.45) is 0.284. The lowest BCUT2D eigenvalue weighted by Crippen LogP contribution is -2.29. The zero-order valence-corrected chi connectivity index (χ0v) is 18.5. The predicted molar refractivity (Wildman–Crippen MR) is 117 cm³/mol. The molecule has 2 rings (SSSR count). The first-order valence-electron chi connectivity index (χ1n) is 10.6. The van der Waals surface area contributed by atoms with E-state index in [1.54, 1.807) is 6.92 Å². The average Bonchev–Trinajstić information content (AvgIpc) is 2.80. The zero-order chi connectivity index (χ0) is 22.9. The normalized spacial score (nSPS) is 10.9. The van der Waals surface area contributed by atoms with E-state index >= 15 is 0 Å². The number of nitrogens with zero attached hydrogens (tertiary/aromatic N) is 4. The Hall–Kier alpha value is -2.57. The Bertz CT molecular complexity index is 760. The van der Waals surface area contributed by atoms with Gasteiger partial charge >= 0.3 is 0 Å². The highest BCUT2D eigenvalue weighted by atomic mass is 16.6. The number of hydrogen-bond donors (Lipinski definition) is 2. The summed E-state index contributed by atoms with van der Waals surface area (Å²) in [5.74, 6) is 0.901. The molecule has 0 fully saturated rings. The van der Waals surface area contributed by atoms with E-state index in [2.05, 4.69) is 25.7 Å². The molecule has 0 unspecified atom stereocenters. The summed E-state index contributed by atoms with van der Waals surface area (Å²) in [5.41, 5.74) is 7.00. The molecule has 11 nitrogen and oxygen atoms in total. The lowest BCUT2D eigenvalue weighted by Gasteiger charge is -2.08. The van der Waals surface area contributed by atoms with Gasteiger partial charge in [0.1, 0.15) is 0 Å². The fourth-order valence-corrected chi connectivity index (χ4v) is 2.52. The maximum Gasteiger partial charge on any atom is 0.224 e. The molecule has 0 aliphatic heterocycles. The Morgan fingerprint density at radius 3 is 1.91 bits per heavy atom. The fraction of sp³-hybridized carbons (Fsp3) is 0.571. The van der Waals surface area contributed by atoms with Gasteiger partial charge in [0.2, 0.25) is 11.7 Å². The summed E-state index contributed by atoms with van der Waals surface area (Å²) in [5, 5.41) is 18.6. The van der Waals surface area contributed by atoms with Crippen molar-refractivity contribution in [2.75, 3.05) is 65.9 Å². The van der Waals surface area contributed by atoms with E-state index in [0.717, 1.165) is 11.1 Å². The first-order valence-corrected chi connectivity index (χ1v) is 10.6. The van der Waals surface area contributed by atoms with Crippen molar-refractivity contribution in [1.29, 1.82) is 0 Å². The van der Waals surface area contributed by atoms with Crippen LogP contribution in [0.25, 0.3) is 11.4 Å². The molecule has 0 radical (unpaired) electrons. The molecule has 1 heterocycles. The van der Waals surface area contributed by atoms with Crippen LogP contribution < -0.4 is 11.1 Å². The minimum Gasteiger partial charge on any atom is -0.378 e. The highest BCUT2D eigenvalue weighted by molar-refractivity contribution is 5.78. The van der Waals surface area contributed by atoms with Crippen molar-refractivity contribution in [3.63, 3.8) is 0 Å². The van der Waals surface area contributed by atoms with Crippen molar-refractivity contribution in [1.82, 2.24) is 25.7 Å². The molecule has 2 aromatic rings. The second-order valence-corrected chi connectivity index (χ2v) is 6.73. The third-order valence-electron chi connectivity index (χ3n) is 4.10. The smallest absolute Gasteiger partial charge is 0.224 e. The minimum atomic E-state index is -0.0693. The van der Waals surface area contributed by atoms with Crippen molar-refractivity contribution < 1.29 is 23.7 Å². The zero-order valence-electron chi connectivity index (χ0n) is 18.5. The molecule has 0 saturated heterocycles. The Morgan fingerprint density at radius 2 is 1.34 bits per heavy atom. The van der Waals surface area contributed by atoms with Gasteiger partial charge in [0.15, 0.2) is 5.82 Å². The van der Waals surface area contributed by atoms with Gasteiger partial charge < -0.3 is 30.0 Å². The van der Waals surface area contributed by atoms with Crippen LogP contribution in [-0.4, -0.2) is 92.2 Å². The number of hydrogen-bond acceptors (Lipinski definition) is 10. The Kier molecular flexibility index (Phi) is 12.9. The van der Waals surface area contributed by atoms with E-state index in [-0.39, 0.29) is 12.3 Å². The number of nitrogens with two attached hydrogens (primary N) is 1. The van der Waals surface area contributed by atoms with E-state index in [0.29, 0.717) is 77.6 Å². The molecule has 3 N–H and O–H groups in total. The lowest BCUT2D eigenvalue weighted by molar-refractivity contribution is -0.120. The first-order chi connectivity index (χ1) is 15.7. The average molecular weight is 449 g/mol. The number of carbonyl (C=O) groups excluding carboxylic acids is 1. The van der Waals surface area contributed by atoms with Gasteiger partial charge in [0.05, 0.1) is 59.3 Å². The largest absolute Gasteiger partial charge is 0.378 e. The molecule has 1 amide bonds. The third kappa shape index (κ3) is 11.2. The Morgan fingerprint density at radius 1 is 0.812 bits per heavy atom. The van der Waals surface area contributed by atoms with Crippen LogP contribution in [0.4, 0.5) is 0 Å². The fourth-order valence-electron chi connectivity index (χ4n) is 2.52. The molecule has 1 aromatic carbocycles. The highest BCUT2D eigenvalue weighted by Crippen LogP contribution is 2.14. The van der Waals surface area contributed by atoms with Crippen molar-refractivity contribution in [3.8, 4) is 11.4 Å². The molecule has 1 aromatic heterocycles. The third-order valence-corrected chi connectivity index (χ3v) is 4.10. The SMILES string of the molecule is Cc1nnc(-c2ccc(CC(=O)NCCOCCOCCOCCOCCN)cc2)nn1. The van der Waals surface area contributed by atoms with Crippen molar-refractivity contribution in [3.05, 3.63) is 35.7 Å². The Labute approximate surface area is 188 Å². The van der Waals surface area contributed by atoms with Crippen LogP contribution in [0.5, 0.6) is 0 Å². The summed E-state index contributed by atoms with van der Waals surface area (Å²) in [7, 11) is 0. The van der Waals surface area contributed by atoms with Gasteiger partial charge in [-0.3, -0.25) is 4.79 Å². The van der Waals surface area contributed by atoms with Crippen LogP contribution >= 0.6 is 0 Å². The number of aromatic nitrogens is 4. The van der Waals surface area contributed by atoms with Crippen molar-refractivity contribution in [2.45, 2.75) is 13.3 Å². The number of rotatable bonds is 17. The monoisotopic (exact) mass is 448 g/mol. The molecule has 0 saturated carbocycles. The molecule has 0 bridgehead atoms. The first kappa shape index (κ1) is 25.7. The lowest BCUT2D eigenvalue weighted by atomic mass is 10.1. The van der Waals surface area contributed by atoms with Gasteiger partial charge in [-0.15, -0.1) is 20.4 Å². The molecule has 11 heteroatoms. The number of nitrogens with one attached hydrogen (secondary N) is 1. The molecule has 176 valence electrons. The number of ether oxygens (including phenoxy) is 4. The van der Waals surface area contributed by atoms with Gasteiger partial charge in [0.25, 0.3) is 0 Å². The summed E-state index contributed by atoms with van der Waals surface area (Å²) in [6.45, 7) is 6.66. The molecule has 0 aliphatic rings. The summed E-state index contributed by atoms with van der Waals surface area (Å²) in [4.78, 5) is 12.1. The summed E-state index contributed by atoms with van der Waals surface area (Å²) >= 11 is 0. The van der Waals surface area contributed by atoms with Gasteiger partial charge in [0, 0.05) is 18.7 Å². The highest BCUT2D eigenvalue weighted by Gasteiger charge is 2.06. The quantitative estimate of drug-likeness (QED) is 0.315. The van der Waals surface area contributed by atoms with Gasteiger partial charge in [-0.05, 0) is 12.5 Å². The van der Waals surface area contributed by atoms with E-state index in [1.807, 2.05) is 24.3 Å². The van der Waals surface area contributed by atoms with E-state index < -0.39 is 0 Å². The van der Waals surface area contributed by atoms with Crippen LogP contribution in [-0.2, 0) is 30.2 Å². The predicted octanol–water partition coefficient (Wildman–Crippen LogP) is -0.0742. The van der Waals surface area contributed by atoms with E-state index in [9.17, 15) is 4.79 Å². The molecule has 32 heavy (non-hydrogen) atoms. The van der Waals surface area contributed by atoms with Crippen LogP contribution in [0.3, 0.4) is 0 Å². The van der Waals surface area contributed by atoms with Crippen molar-refractivity contribution in [2.24, 2.45) is 5.73 Å². The number of carbonyl (C=O) groups is 1. The molecular formula is C21H32N6O5. The topological polar surface area (TPSA) is 144 Å². The Balaban J connectivity index is 1.46. The standard InChI is InChI=1S/C21H32N6O5/c1-17-24-26-21(27-25-17)19-4-2-18(3-5-19)16-20(28)23-7-9-30-11-13-32-15-14-31-12-10-29-8-6-22/h2-5H,6-16,22H2,1H3,(H,23,28).